The summed E-state index contributed by atoms with van der Waals surface area (Å²) in [5.74, 6) is -0.480. The van der Waals surface area contributed by atoms with Crippen molar-refractivity contribution in [1.29, 1.82) is 0 Å². The van der Waals surface area contributed by atoms with E-state index in [1.807, 2.05) is 0 Å². The van der Waals surface area contributed by atoms with Crippen LogP contribution >= 0.6 is 0 Å². The Bertz CT molecular complexity index is 750. The van der Waals surface area contributed by atoms with Crippen LogP contribution < -0.4 is 0 Å². The molecule has 5 nitrogen and oxygen atoms in total. The van der Waals surface area contributed by atoms with Crippen molar-refractivity contribution in [2.75, 3.05) is 13.2 Å². The zero-order valence-corrected chi connectivity index (χ0v) is 36.1. The summed E-state index contributed by atoms with van der Waals surface area (Å²) < 4.78 is 12.0. The molecule has 1 N–H and O–H groups in total. The number of esters is 2. The fourth-order valence-electron chi connectivity index (χ4n) is 8.49. The van der Waals surface area contributed by atoms with E-state index in [1.165, 1.54) is 180 Å². The number of rotatable bonds is 38. The van der Waals surface area contributed by atoms with Gasteiger partial charge in [-0.2, -0.15) is 0 Å². The third-order valence-corrected chi connectivity index (χ3v) is 12.1. The summed E-state index contributed by atoms with van der Waals surface area (Å²) in [5.41, 5.74) is 0. The quantitative estimate of drug-likeness (QED) is 0.0503. The average molecular weight is 749 g/mol. The maximum atomic E-state index is 13.4. The van der Waals surface area contributed by atoms with Gasteiger partial charge in [0.2, 0.25) is 0 Å². The molecule has 1 fully saturated rings. The number of unbranched alkanes of at least 4 members (excludes halogenated alkanes) is 24. The van der Waals surface area contributed by atoms with Crippen LogP contribution in [0.3, 0.4) is 0 Å². The highest BCUT2D eigenvalue weighted by atomic mass is 16.5. The van der Waals surface area contributed by atoms with Crippen molar-refractivity contribution in [1.82, 2.24) is 0 Å². The molecular formula is C48H92O5. The summed E-state index contributed by atoms with van der Waals surface area (Å²) >= 11 is 0. The van der Waals surface area contributed by atoms with Gasteiger partial charge in [-0.05, 0) is 56.8 Å². The molecule has 1 aliphatic carbocycles. The second-order valence-corrected chi connectivity index (χ2v) is 17.4. The predicted molar refractivity (Wildman–Crippen MR) is 226 cm³/mol. The molecule has 1 rings (SSSR count). The summed E-state index contributed by atoms with van der Waals surface area (Å²) in [7, 11) is 0. The van der Waals surface area contributed by atoms with E-state index in [0.29, 0.717) is 44.3 Å². The van der Waals surface area contributed by atoms with Crippen molar-refractivity contribution >= 4 is 11.9 Å². The third-order valence-electron chi connectivity index (χ3n) is 12.1. The number of hydrogen-bond donors (Lipinski definition) is 1. The number of carbonyl (C=O) groups is 2. The van der Waals surface area contributed by atoms with Crippen molar-refractivity contribution in [3.05, 3.63) is 0 Å². The minimum atomic E-state index is -0.661. The van der Waals surface area contributed by atoms with Crippen molar-refractivity contribution in [2.24, 2.45) is 23.7 Å². The Hall–Kier alpha value is -1.10. The molecule has 1 aliphatic rings. The molecule has 0 spiro atoms. The zero-order chi connectivity index (χ0) is 38.6. The first-order chi connectivity index (χ1) is 25.9. The lowest BCUT2D eigenvalue weighted by Crippen LogP contribution is -2.36. The van der Waals surface area contributed by atoms with E-state index in [-0.39, 0.29) is 11.9 Å². The molecule has 0 heterocycles. The molecule has 0 aromatic rings. The first-order valence-electron chi connectivity index (χ1n) is 24.0. The molecule has 0 bridgehead atoms. The van der Waals surface area contributed by atoms with Crippen molar-refractivity contribution in [3.8, 4) is 0 Å². The molecule has 0 aliphatic heterocycles. The largest absolute Gasteiger partial charge is 0.465 e. The van der Waals surface area contributed by atoms with Crippen LogP contribution in [-0.4, -0.2) is 36.4 Å². The molecule has 0 radical (unpaired) electrons. The lowest BCUT2D eigenvalue weighted by Gasteiger charge is -2.31. The van der Waals surface area contributed by atoms with Gasteiger partial charge in [0.05, 0.1) is 31.2 Å². The van der Waals surface area contributed by atoms with Gasteiger partial charge in [0, 0.05) is 0 Å². The van der Waals surface area contributed by atoms with Crippen LogP contribution in [0.2, 0.25) is 0 Å². The Morgan fingerprint density at radius 2 is 0.660 bits per heavy atom. The molecule has 1 saturated carbocycles. The summed E-state index contributed by atoms with van der Waals surface area (Å²) in [6.07, 6.45) is 41.4. The fraction of sp³-hybridized carbons (Fsp3) is 0.958. The second kappa shape index (κ2) is 36.5. The maximum absolute atomic E-state index is 13.4. The SMILES string of the molecule is CCCCCCCCCCC(CCCCCCCC)COC(=O)C1CC(O)CC(C(=O)OCC(CCCCCCCC)CCCCCCCCCC)C1. The molecule has 0 aromatic carbocycles. The molecule has 0 amide bonds. The summed E-state index contributed by atoms with van der Waals surface area (Å²) in [6, 6.07) is 0. The van der Waals surface area contributed by atoms with E-state index in [4.69, 9.17) is 9.47 Å². The van der Waals surface area contributed by atoms with Crippen LogP contribution in [0, 0.1) is 23.7 Å². The second-order valence-electron chi connectivity index (χ2n) is 17.4. The van der Waals surface area contributed by atoms with Crippen LogP contribution in [0.4, 0.5) is 0 Å². The highest BCUT2D eigenvalue weighted by molar-refractivity contribution is 5.76. The van der Waals surface area contributed by atoms with Gasteiger partial charge < -0.3 is 14.6 Å². The van der Waals surface area contributed by atoms with E-state index in [9.17, 15) is 14.7 Å². The van der Waals surface area contributed by atoms with E-state index < -0.39 is 17.9 Å². The van der Waals surface area contributed by atoms with Gasteiger partial charge in [-0.25, -0.2) is 0 Å². The minimum Gasteiger partial charge on any atom is -0.465 e. The Balaban J connectivity index is 2.60. The third kappa shape index (κ3) is 28.9. The van der Waals surface area contributed by atoms with Gasteiger partial charge in [-0.1, -0.05) is 207 Å². The molecule has 0 aromatic heterocycles. The van der Waals surface area contributed by atoms with Crippen LogP contribution in [0.25, 0.3) is 0 Å². The lowest BCUT2D eigenvalue weighted by atomic mass is 9.79. The molecule has 4 unspecified atom stereocenters. The smallest absolute Gasteiger partial charge is 0.309 e. The van der Waals surface area contributed by atoms with Gasteiger partial charge in [0.1, 0.15) is 0 Å². The number of carbonyl (C=O) groups excluding carboxylic acids is 2. The molecule has 53 heavy (non-hydrogen) atoms. The molecule has 314 valence electrons. The molecule has 4 atom stereocenters. The van der Waals surface area contributed by atoms with Gasteiger partial charge in [-0.15, -0.1) is 0 Å². The standard InChI is InChI=1S/C48H92O5/c1-5-9-13-17-21-23-27-31-35-42(33-29-25-19-15-11-7-3)40-52-47(50)44-37-45(39-46(49)38-44)48(51)53-41-43(34-30-26-20-16-12-8-4)36-32-28-24-22-18-14-10-6-2/h42-46,49H,5-41H2,1-4H3. The highest BCUT2D eigenvalue weighted by Gasteiger charge is 2.37. The Morgan fingerprint density at radius 1 is 0.415 bits per heavy atom. The van der Waals surface area contributed by atoms with E-state index in [0.717, 1.165) is 25.7 Å². The van der Waals surface area contributed by atoms with E-state index in [2.05, 4.69) is 27.7 Å². The van der Waals surface area contributed by atoms with Crippen LogP contribution in [0.5, 0.6) is 0 Å². The van der Waals surface area contributed by atoms with Crippen LogP contribution in [0.1, 0.15) is 252 Å². The normalized spacial score (nSPS) is 18.5. The van der Waals surface area contributed by atoms with Crippen molar-refractivity contribution in [2.45, 2.75) is 259 Å². The average Bonchev–Trinajstić information content (AvgIpc) is 3.16. The monoisotopic (exact) mass is 749 g/mol. The molecule has 5 heteroatoms. The summed E-state index contributed by atoms with van der Waals surface area (Å²) in [5, 5.41) is 10.8. The van der Waals surface area contributed by atoms with E-state index in [1.54, 1.807) is 0 Å². The van der Waals surface area contributed by atoms with Gasteiger partial charge in [-0.3, -0.25) is 9.59 Å². The van der Waals surface area contributed by atoms with Gasteiger partial charge in [0.25, 0.3) is 0 Å². The predicted octanol–water partition coefficient (Wildman–Crippen LogP) is 14.6. The Morgan fingerprint density at radius 3 is 0.925 bits per heavy atom. The maximum Gasteiger partial charge on any atom is 0.309 e. The van der Waals surface area contributed by atoms with Gasteiger partial charge >= 0.3 is 11.9 Å². The zero-order valence-electron chi connectivity index (χ0n) is 36.1. The Kier molecular flexibility index (Phi) is 34.4. The van der Waals surface area contributed by atoms with Crippen LogP contribution in [0.15, 0.2) is 0 Å². The topological polar surface area (TPSA) is 72.8 Å². The first-order valence-corrected chi connectivity index (χ1v) is 24.0. The summed E-state index contributed by atoms with van der Waals surface area (Å²) in [6.45, 7) is 10.0. The number of aliphatic hydroxyl groups is 1. The number of aliphatic hydroxyl groups excluding tert-OH is 1. The molecule has 0 saturated heterocycles. The van der Waals surface area contributed by atoms with E-state index >= 15 is 0 Å². The summed E-state index contributed by atoms with van der Waals surface area (Å²) in [4.78, 5) is 26.8. The van der Waals surface area contributed by atoms with Crippen molar-refractivity contribution in [3.63, 3.8) is 0 Å². The fourth-order valence-corrected chi connectivity index (χ4v) is 8.49. The minimum absolute atomic E-state index is 0.221. The Labute approximate surface area is 330 Å². The van der Waals surface area contributed by atoms with Crippen molar-refractivity contribution < 1.29 is 24.2 Å². The molecular weight excluding hydrogens is 657 g/mol. The highest BCUT2D eigenvalue weighted by Crippen LogP contribution is 2.32. The lowest BCUT2D eigenvalue weighted by molar-refractivity contribution is -0.159. The number of hydrogen-bond acceptors (Lipinski definition) is 5. The van der Waals surface area contributed by atoms with Crippen LogP contribution in [-0.2, 0) is 19.1 Å². The van der Waals surface area contributed by atoms with Gasteiger partial charge in [0.15, 0.2) is 0 Å². The first kappa shape index (κ1) is 49.9. The number of ether oxygens (including phenoxy) is 2.